The molecule has 2 aromatic rings. The Hall–Kier alpha value is -1.88. The van der Waals surface area contributed by atoms with Gasteiger partial charge in [-0.3, -0.25) is 4.79 Å². The fraction of sp³-hybridized carbons (Fsp3) is 0.444. The maximum absolute atomic E-state index is 12.2. The molecule has 0 saturated heterocycles. The van der Waals surface area contributed by atoms with Crippen LogP contribution in [0.15, 0.2) is 18.2 Å². The van der Waals surface area contributed by atoms with Crippen molar-refractivity contribution in [3.05, 3.63) is 44.9 Å². The number of hydrogen-bond donors (Lipinski definition) is 1. The summed E-state index contributed by atoms with van der Waals surface area (Å²) in [5.74, 6) is 0.773. The van der Waals surface area contributed by atoms with Crippen LogP contribution in [0.5, 0.6) is 5.75 Å². The minimum absolute atomic E-state index is 0.0554. The summed E-state index contributed by atoms with van der Waals surface area (Å²) in [6.07, 6.45) is 1.73. The molecule has 1 heterocycles. The maximum atomic E-state index is 12.2. The Morgan fingerprint density at radius 2 is 2.09 bits per heavy atom. The third-order valence-electron chi connectivity index (χ3n) is 3.63. The van der Waals surface area contributed by atoms with Crippen LogP contribution in [0.4, 0.5) is 0 Å². The first kappa shape index (κ1) is 17.5. The average molecular weight is 332 g/mol. The van der Waals surface area contributed by atoms with Gasteiger partial charge >= 0.3 is 0 Å². The summed E-state index contributed by atoms with van der Waals surface area (Å²) in [4.78, 5) is 18.1. The molecule has 0 radical (unpaired) electrons. The second-order valence-electron chi connectivity index (χ2n) is 5.38. The van der Waals surface area contributed by atoms with E-state index in [9.17, 15) is 4.79 Å². The normalized spacial score (nSPS) is 10.6. The third-order valence-corrected chi connectivity index (χ3v) is 4.71. The van der Waals surface area contributed by atoms with Crippen LogP contribution in [-0.2, 0) is 12.8 Å². The molecule has 0 spiro atoms. The molecule has 2 rings (SSSR count). The molecule has 1 aromatic heterocycles. The Bertz CT molecular complexity index is 680. The number of amides is 1. The molecule has 1 aromatic carbocycles. The highest BCUT2D eigenvalue weighted by Crippen LogP contribution is 2.20. The number of nitrogens with zero attached hydrogens (tertiary/aromatic N) is 1. The monoisotopic (exact) mass is 332 g/mol. The van der Waals surface area contributed by atoms with Gasteiger partial charge in [0.2, 0.25) is 0 Å². The molecule has 0 bridgehead atoms. The Morgan fingerprint density at radius 3 is 2.70 bits per heavy atom. The standard InChI is InChI=1S/C18H24N2O2S/c1-5-15-13(4)23-17(20-15)9-10-19-18(21)14-7-8-16(22-6-2)12(3)11-14/h7-8,11H,5-6,9-10H2,1-4H3,(H,19,21). The van der Waals surface area contributed by atoms with Crippen molar-refractivity contribution in [1.82, 2.24) is 10.3 Å². The molecule has 0 aliphatic heterocycles. The van der Waals surface area contributed by atoms with Crippen molar-refractivity contribution in [2.24, 2.45) is 0 Å². The van der Waals surface area contributed by atoms with Crippen molar-refractivity contribution in [2.75, 3.05) is 13.2 Å². The SMILES string of the molecule is CCOc1ccc(C(=O)NCCc2nc(CC)c(C)s2)cc1C. The summed E-state index contributed by atoms with van der Waals surface area (Å²) >= 11 is 1.72. The Labute approximate surface area is 141 Å². The van der Waals surface area contributed by atoms with E-state index in [2.05, 4.69) is 24.1 Å². The number of rotatable bonds is 7. The maximum Gasteiger partial charge on any atom is 0.251 e. The highest BCUT2D eigenvalue weighted by atomic mass is 32.1. The number of ether oxygens (including phenoxy) is 1. The molecule has 0 aliphatic rings. The van der Waals surface area contributed by atoms with Crippen LogP contribution in [0.25, 0.3) is 0 Å². The van der Waals surface area contributed by atoms with Crippen molar-refractivity contribution in [1.29, 1.82) is 0 Å². The summed E-state index contributed by atoms with van der Waals surface area (Å²) in [6.45, 7) is 9.33. The molecule has 0 atom stereocenters. The van der Waals surface area contributed by atoms with Gasteiger partial charge < -0.3 is 10.1 Å². The summed E-state index contributed by atoms with van der Waals surface area (Å²) in [6, 6.07) is 5.52. The summed E-state index contributed by atoms with van der Waals surface area (Å²) in [5, 5.41) is 4.05. The van der Waals surface area contributed by atoms with Gasteiger partial charge in [-0.2, -0.15) is 0 Å². The number of aryl methyl sites for hydroxylation is 3. The zero-order chi connectivity index (χ0) is 16.8. The molecule has 5 heteroatoms. The molecule has 1 amide bonds. The number of benzene rings is 1. The van der Waals surface area contributed by atoms with Crippen LogP contribution < -0.4 is 10.1 Å². The lowest BCUT2D eigenvalue weighted by molar-refractivity contribution is 0.0954. The lowest BCUT2D eigenvalue weighted by atomic mass is 10.1. The van der Waals surface area contributed by atoms with Crippen LogP contribution in [0, 0.1) is 13.8 Å². The van der Waals surface area contributed by atoms with E-state index in [1.165, 1.54) is 10.6 Å². The fourth-order valence-corrected chi connectivity index (χ4v) is 3.44. The molecular weight excluding hydrogens is 308 g/mol. The van der Waals surface area contributed by atoms with Crippen molar-refractivity contribution in [2.45, 2.75) is 40.5 Å². The quantitative estimate of drug-likeness (QED) is 0.841. The van der Waals surface area contributed by atoms with Crippen molar-refractivity contribution in [3.63, 3.8) is 0 Å². The van der Waals surface area contributed by atoms with Gasteiger partial charge in [-0.05, 0) is 51.0 Å². The molecule has 124 valence electrons. The summed E-state index contributed by atoms with van der Waals surface area (Å²) in [5.41, 5.74) is 2.80. The third kappa shape index (κ3) is 4.55. The smallest absolute Gasteiger partial charge is 0.251 e. The van der Waals surface area contributed by atoms with Crippen LogP contribution in [0.1, 0.15) is 45.3 Å². The predicted molar refractivity (Wildman–Crippen MR) is 94.6 cm³/mol. The zero-order valence-electron chi connectivity index (χ0n) is 14.2. The predicted octanol–water partition coefficient (Wildman–Crippen LogP) is 3.69. The second-order valence-corrected chi connectivity index (χ2v) is 6.67. The van der Waals surface area contributed by atoms with Gasteiger partial charge in [-0.25, -0.2) is 4.98 Å². The van der Waals surface area contributed by atoms with Gasteiger partial charge in [0.1, 0.15) is 5.75 Å². The van der Waals surface area contributed by atoms with Crippen LogP contribution in [0.3, 0.4) is 0 Å². The van der Waals surface area contributed by atoms with Crippen LogP contribution >= 0.6 is 11.3 Å². The lowest BCUT2D eigenvalue weighted by Gasteiger charge is -2.09. The number of carbonyl (C=O) groups is 1. The van der Waals surface area contributed by atoms with E-state index in [4.69, 9.17) is 4.74 Å². The molecule has 1 N–H and O–H groups in total. The van der Waals surface area contributed by atoms with E-state index in [1.807, 2.05) is 26.0 Å². The average Bonchev–Trinajstić information content (AvgIpc) is 2.89. The number of nitrogens with one attached hydrogen (secondary N) is 1. The van der Waals surface area contributed by atoms with Gasteiger partial charge in [0.05, 0.1) is 17.3 Å². The lowest BCUT2D eigenvalue weighted by Crippen LogP contribution is -2.25. The number of carbonyl (C=O) groups excluding carboxylic acids is 1. The summed E-state index contributed by atoms with van der Waals surface area (Å²) in [7, 11) is 0. The zero-order valence-corrected chi connectivity index (χ0v) is 15.0. The number of thiazole rings is 1. The first-order chi connectivity index (χ1) is 11.0. The molecule has 4 nitrogen and oxygen atoms in total. The Kier molecular flexibility index (Phi) is 6.16. The molecule has 0 unspecified atom stereocenters. The molecule has 23 heavy (non-hydrogen) atoms. The first-order valence-corrected chi connectivity index (χ1v) is 8.83. The van der Waals surface area contributed by atoms with Gasteiger partial charge in [0.15, 0.2) is 0 Å². The van der Waals surface area contributed by atoms with Crippen LogP contribution in [-0.4, -0.2) is 24.0 Å². The van der Waals surface area contributed by atoms with E-state index < -0.39 is 0 Å². The van der Waals surface area contributed by atoms with Gasteiger partial charge in [-0.15, -0.1) is 11.3 Å². The molecular formula is C18H24N2O2S. The largest absolute Gasteiger partial charge is 0.494 e. The first-order valence-electron chi connectivity index (χ1n) is 8.02. The van der Waals surface area contributed by atoms with Crippen molar-refractivity contribution in [3.8, 4) is 5.75 Å². The van der Waals surface area contributed by atoms with E-state index in [0.717, 1.165) is 29.2 Å². The Balaban J connectivity index is 1.90. The van der Waals surface area contributed by atoms with Gasteiger partial charge in [-0.1, -0.05) is 6.92 Å². The number of aromatic nitrogens is 1. The van der Waals surface area contributed by atoms with Crippen molar-refractivity contribution >= 4 is 17.2 Å². The summed E-state index contributed by atoms with van der Waals surface area (Å²) < 4.78 is 5.50. The fourth-order valence-electron chi connectivity index (χ4n) is 2.42. The highest BCUT2D eigenvalue weighted by molar-refractivity contribution is 7.11. The van der Waals surface area contributed by atoms with Gasteiger partial charge in [0, 0.05) is 23.4 Å². The minimum atomic E-state index is -0.0554. The topological polar surface area (TPSA) is 51.2 Å². The van der Waals surface area contributed by atoms with Crippen LogP contribution in [0.2, 0.25) is 0 Å². The van der Waals surface area contributed by atoms with E-state index >= 15 is 0 Å². The van der Waals surface area contributed by atoms with Gasteiger partial charge in [0.25, 0.3) is 5.91 Å². The number of hydrogen-bond acceptors (Lipinski definition) is 4. The Morgan fingerprint density at radius 1 is 1.30 bits per heavy atom. The highest BCUT2D eigenvalue weighted by Gasteiger charge is 2.09. The van der Waals surface area contributed by atoms with E-state index in [0.29, 0.717) is 18.7 Å². The molecule has 0 aliphatic carbocycles. The van der Waals surface area contributed by atoms with Crippen molar-refractivity contribution < 1.29 is 9.53 Å². The van der Waals surface area contributed by atoms with E-state index in [1.54, 1.807) is 17.4 Å². The molecule has 0 saturated carbocycles. The molecule has 0 fully saturated rings. The minimum Gasteiger partial charge on any atom is -0.494 e. The van der Waals surface area contributed by atoms with E-state index in [-0.39, 0.29) is 5.91 Å². The second kappa shape index (κ2) is 8.11.